The fourth-order valence-electron chi connectivity index (χ4n) is 15.4. The molecule has 1 spiro atoms. The molecule has 6 heterocycles. The molecule has 0 amide bonds. The van der Waals surface area contributed by atoms with Crippen LogP contribution in [0, 0.1) is 46.3 Å². The largest absolute Gasteiger partial charge is 0.394 e. The van der Waals surface area contributed by atoms with Crippen molar-refractivity contribution in [2.75, 3.05) is 19.8 Å². The third kappa shape index (κ3) is 8.81. The van der Waals surface area contributed by atoms with Crippen LogP contribution in [0.4, 0.5) is 0 Å². The highest BCUT2D eigenvalue weighted by atomic mass is 16.8. The minimum atomic E-state index is -1.86. The fourth-order valence-corrected chi connectivity index (χ4v) is 15.4. The van der Waals surface area contributed by atoms with Gasteiger partial charge in [-0.15, -0.1) is 0 Å². The Labute approximate surface area is 428 Å². The lowest BCUT2D eigenvalue weighted by Crippen LogP contribution is -2.67. The SMILES string of the molecule is C[C@@H]1CO[C@@]2(O[C@H]3C[C@H]4[C@@H]5CC=C6C[C@@H](O)C[C@@H](O[C@@H]7O[C@H](CO)[C@@H](O)[C@H](O[C@@H]8OC[C@@H](O)[C@H](O)[C@H]8O)[C@H]7O[C@@H]7O[C@@H](C)[C@H](O)[C@@H](O)[C@H]7O)[C@]6(C)[C@H]5C[C@@H](O)[C@]4(C)[C@H]3[C@@H]2C)[C@@H](O)[C@H]1O[C@@H]1O[C@H](C)[C@@H](O)[C@H](O)[C@H]1O. The van der Waals surface area contributed by atoms with Gasteiger partial charge in [0.1, 0.15) is 85.5 Å². The molecule has 14 N–H and O–H groups in total. The maximum absolute atomic E-state index is 12.8. The van der Waals surface area contributed by atoms with E-state index in [4.69, 9.17) is 47.4 Å². The van der Waals surface area contributed by atoms with Crippen molar-refractivity contribution in [1.29, 1.82) is 0 Å². The highest BCUT2D eigenvalue weighted by molar-refractivity contribution is 5.30. The van der Waals surface area contributed by atoms with Crippen LogP contribution in [0.5, 0.6) is 0 Å². The van der Waals surface area contributed by atoms with E-state index < -0.39 is 195 Å². The van der Waals surface area contributed by atoms with Crippen LogP contribution in [0.25, 0.3) is 0 Å². The molecule has 24 heteroatoms. The van der Waals surface area contributed by atoms with Crippen LogP contribution in [0.1, 0.15) is 73.6 Å². The summed E-state index contributed by atoms with van der Waals surface area (Å²) in [7, 11) is 0. The first-order valence-electron chi connectivity index (χ1n) is 26.6. The minimum absolute atomic E-state index is 0.0464. The van der Waals surface area contributed by atoms with Crippen LogP contribution >= 0.6 is 0 Å². The molecule has 34 atom stereocenters. The van der Waals surface area contributed by atoms with Gasteiger partial charge in [0.2, 0.25) is 0 Å². The van der Waals surface area contributed by atoms with Gasteiger partial charge < -0.3 is 119 Å². The molecule has 74 heavy (non-hydrogen) atoms. The Bertz CT molecular complexity index is 2010. The normalized spacial score (nSPS) is 59.6. The molecule has 4 aliphatic carbocycles. The molecule has 6 aliphatic heterocycles. The van der Waals surface area contributed by atoms with Gasteiger partial charge in [0.05, 0.1) is 62.5 Å². The van der Waals surface area contributed by atoms with E-state index in [0.29, 0.717) is 19.3 Å². The molecule has 0 aromatic carbocycles. The van der Waals surface area contributed by atoms with Gasteiger partial charge in [-0.25, -0.2) is 0 Å². The Kier molecular flexibility index (Phi) is 15.7. The van der Waals surface area contributed by atoms with Gasteiger partial charge in [-0.1, -0.05) is 39.3 Å². The zero-order valence-electron chi connectivity index (χ0n) is 42.5. The summed E-state index contributed by atoms with van der Waals surface area (Å²) in [6.07, 6.45) is -31.2. The molecule has 424 valence electrons. The van der Waals surface area contributed by atoms with Gasteiger partial charge in [0.25, 0.3) is 0 Å². The second kappa shape index (κ2) is 20.7. The zero-order chi connectivity index (χ0) is 53.4. The standard InChI is InChI=1S/C50H80O24/c1-16-14-66-50(43(64)40(16)71-45-38(62)35(59)31(55)18(3)67-45)17(2)30-26(74-50)11-23-22-8-7-20-9-21(52)10-29(48(20,5)24(22)12-28(54)49(23,30)6)70-47-42(73-46-39(63)36(60)32(56)19(4)68-46)41(34(58)27(13-51)69-47)72-44-37(61)33(57)25(53)15-65-44/h7,16-19,21-47,51-64H,8-15H2,1-6H3/t16-,17+,18-,19+,21-,22+,23+,24+,25-,26+,27-,28-,29-,30+,31-,32+,33+,34-,35+,36-,37-,38-,39-,40+,41+,42-,43+,44+,45+,46+,47+,48+,49-,50+/m1/s1. The molecular weight excluding hydrogens is 985 g/mol. The average molecular weight is 1070 g/mol. The Balaban J connectivity index is 0.927. The molecule has 10 aliphatic rings. The molecule has 24 nitrogen and oxygen atoms in total. The van der Waals surface area contributed by atoms with Gasteiger partial charge >= 0.3 is 0 Å². The third-order valence-corrected chi connectivity index (χ3v) is 19.7. The van der Waals surface area contributed by atoms with E-state index in [1.165, 1.54) is 6.92 Å². The van der Waals surface area contributed by atoms with E-state index >= 15 is 0 Å². The minimum Gasteiger partial charge on any atom is -0.394 e. The van der Waals surface area contributed by atoms with Crippen molar-refractivity contribution in [3.63, 3.8) is 0 Å². The summed E-state index contributed by atoms with van der Waals surface area (Å²) in [5.74, 6) is -3.28. The molecule has 9 fully saturated rings. The van der Waals surface area contributed by atoms with Gasteiger partial charge in [-0.2, -0.15) is 0 Å². The summed E-state index contributed by atoms with van der Waals surface area (Å²) in [4.78, 5) is 0. The van der Waals surface area contributed by atoms with Crippen LogP contribution in [-0.4, -0.2) is 250 Å². The van der Waals surface area contributed by atoms with Crippen LogP contribution < -0.4 is 0 Å². The van der Waals surface area contributed by atoms with Gasteiger partial charge in [0, 0.05) is 35.0 Å². The van der Waals surface area contributed by atoms with Crippen LogP contribution in [0.15, 0.2) is 11.6 Å². The molecule has 3 saturated carbocycles. The highest BCUT2D eigenvalue weighted by Gasteiger charge is 2.74. The molecule has 0 aromatic rings. The van der Waals surface area contributed by atoms with E-state index in [9.17, 15) is 71.5 Å². The van der Waals surface area contributed by atoms with Crippen molar-refractivity contribution in [2.45, 2.75) is 233 Å². The lowest BCUT2D eigenvalue weighted by molar-refractivity contribution is -0.393. The van der Waals surface area contributed by atoms with E-state index in [2.05, 4.69) is 13.0 Å². The second-order valence-corrected chi connectivity index (χ2v) is 23.8. The smallest absolute Gasteiger partial charge is 0.200 e. The first kappa shape index (κ1) is 56.1. The van der Waals surface area contributed by atoms with Crippen LogP contribution in [0.3, 0.4) is 0 Å². The quantitative estimate of drug-likeness (QED) is 0.0970. The first-order valence-corrected chi connectivity index (χ1v) is 26.6. The Hall–Kier alpha value is -1.22. The van der Waals surface area contributed by atoms with E-state index in [1.54, 1.807) is 6.92 Å². The Morgan fingerprint density at radius 2 is 1.22 bits per heavy atom. The molecule has 6 saturated heterocycles. The summed E-state index contributed by atoms with van der Waals surface area (Å²) in [6.45, 7) is 9.69. The molecule has 0 aromatic heterocycles. The number of hydrogen-bond acceptors (Lipinski definition) is 24. The van der Waals surface area contributed by atoms with Crippen molar-refractivity contribution < 1.29 is 119 Å². The molecule has 0 unspecified atom stereocenters. The van der Waals surface area contributed by atoms with Crippen LogP contribution in [-0.2, 0) is 47.4 Å². The lowest BCUT2D eigenvalue weighted by atomic mass is 9.45. The maximum Gasteiger partial charge on any atom is 0.200 e. The van der Waals surface area contributed by atoms with E-state index in [1.807, 2.05) is 20.8 Å². The average Bonchev–Trinajstić information content (AvgIpc) is 3.83. The molecular formula is C50H80O24. The number of fused-ring (bicyclic) bond motifs is 7. The number of allylic oxidation sites excluding steroid dienone is 1. The van der Waals surface area contributed by atoms with Gasteiger partial charge in [0.15, 0.2) is 30.9 Å². The number of aliphatic hydroxyl groups is 14. The highest BCUT2D eigenvalue weighted by Crippen LogP contribution is 2.71. The summed E-state index contributed by atoms with van der Waals surface area (Å²) < 4.78 is 62.6. The van der Waals surface area contributed by atoms with E-state index in [-0.39, 0.29) is 43.1 Å². The van der Waals surface area contributed by atoms with Crippen LogP contribution in [0.2, 0.25) is 0 Å². The molecule has 0 radical (unpaired) electrons. The summed E-state index contributed by atoms with van der Waals surface area (Å²) in [6, 6.07) is 0. The number of rotatable bonds is 9. The third-order valence-electron chi connectivity index (χ3n) is 19.7. The Morgan fingerprint density at radius 1 is 0.608 bits per heavy atom. The van der Waals surface area contributed by atoms with Crippen molar-refractivity contribution in [1.82, 2.24) is 0 Å². The van der Waals surface area contributed by atoms with Crippen molar-refractivity contribution in [3.05, 3.63) is 11.6 Å². The predicted octanol–water partition coefficient (Wildman–Crippen LogP) is -4.41. The number of aliphatic hydroxyl groups excluding tert-OH is 14. The monoisotopic (exact) mass is 1060 g/mol. The first-order chi connectivity index (χ1) is 34.9. The number of ether oxygens (including phenoxy) is 10. The topological polar surface area (TPSA) is 376 Å². The lowest BCUT2D eigenvalue weighted by Gasteiger charge is -2.62. The Morgan fingerprint density at radius 3 is 1.85 bits per heavy atom. The van der Waals surface area contributed by atoms with Crippen molar-refractivity contribution in [2.24, 2.45) is 46.3 Å². The summed E-state index contributed by atoms with van der Waals surface area (Å²) in [5, 5.41) is 155. The maximum atomic E-state index is 12.8. The van der Waals surface area contributed by atoms with Crippen molar-refractivity contribution in [3.8, 4) is 0 Å². The summed E-state index contributed by atoms with van der Waals surface area (Å²) in [5.41, 5.74) is -0.807. The fraction of sp³-hybridized carbons (Fsp3) is 0.960. The predicted molar refractivity (Wildman–Crippen MR) is 245 cm³/mol. The number of hydrogen-bond donors (Lipinski definition) is 14. The van der Waals surface area contributed by atoms with E-state index in [0.717, 1.165) is 5.57 Å². The molecule has 0 bridgehead atoms. The van der Waals surface area contributed by atoms with Crippen molar-refractivity contribution >= 4 is 0 Å². The zero-order valence-corrected chi connectivity index (χ0v) is 42.5. The van der Waals surface area contributed by atoms with Gasteiger partial charge in [-0.3, -0.25) is 0 Å². The summed E-state index contributed by atoms with van der Waals surface area (Å²) >= 11 is 0. The molecule has 10 rings (SSSR count). The van der Waals surface area contributed by atoms with Gasteiger partial charge in [-0.05, 0) is 57.3 Å². The second-order valence-electron chi connectivity index (χ2n) is 23.8.